The molecule has 1 aliphatic heterocycles. The van der Waals surface area contributed by atoms with Gasteiger partial charge in [-0.2, -0.15) is 5.10 Å². The van der Waals surface area contributed by atoms with Crippen molar-refractivity contribution >= 4 is 17.5 Å². The van der Waals surface area contributed by atoms with Crippen LogP contribution >= 0.6 is 0 Å². The molecule has 1 aromatic carbocycles. The molecule has 1 N–H and O–H groups in total. The van der Waals surface area contributed by atoms with E-state index in [1.165, 1.54) is 6.33 Å². The number of halogens is 2. The van der Waals surface area contributed by atoms with E-state index >= 15 is 0 Å². The number of nitrogens with zero attached hydrogens (tertiary/aromatic N) is 6. The highest BCUT2D eigenvalue weighted by Crippen LogP contribution is 2.18. The number of aryl methyl sites for hydroxylation is 2. The van der Waals surface area contributed by atoms with Gasteiger partial charge in [0.15, 0.2) is 5.82 Å². The van der Waals surface area contributed by atoms with Crippen LogP contribution in [0.2, 0.25) is 0 Å². The summed E-state index contributed by atoms with van der Waals surface area (Å²) in [6.45, 7) is 5.92. The average Bonchev–Trinajstić information content (AvgIpc) is 3.05. The minimum atomic E-state index is -0.739. The first kappa shape index (κ1) is 19.7. The Morgan fingerprint density at radius 1 is 0.933 bits per heavy atom. The van der Waals surface area contributed by atoms with Crippen molar-refractivity contribution in [3.05, 3.63) is 59.7 Å². The number of carbonyl (C=O) groups is 1. The number of aromatic nitrogens is 4. The molecule has 2 amide bonds. The topological polar surface area (TPSA) is 79.2 Å². The molecule has 2 aromatic heterocycles. The highest BCUT2D eigenvalue weighted by Gasteiger charge is 2.23. The molecule has 0 saturated carbocycles. The molecule has 4 rings (SSSR count). The van der Waals surface area contributed by atoms with Crippen molar-refractivity contribution in [1.82, 2.24) is 24.6 Å². The van der Waals surface area contributed by atoms with Crippen LogP contribution in [-0.4, -0.2) is 56.9 Å². The van der Waals surface area contributed by atoms with Crippen molar-refractivity contribution in [2.75, 3.05) is 36.4 Å². The molecule has 0 spiro atoms. The minimum absolute atomic E-state index is 0.0882. The fourth-order valence-corrected chi connectivity index (χ4v) is 3.45. The molecule has 30 heavy (non-hydrogen) atoms. The van der Waals surface area contributed by atoms with E-state index in [2.05, 4.69) is 25.3 Å². The molecule has 8 nitrogen and oxygen atoms in total. The molecule has 1 aliphatic rings. The monoisotopic (exact) mass is 413 g/mol. The quantitative estimate of drug-likeness (QED) is 0.714. The van der Waals surface area contributed by atoms with Crippen molar-refractivity contribution < 1.29 is 13.6 Å². The summed E-state index contributed by atoms with van der Waals surface area (Å²) in [6.07, 6.45) is 1.50. The molecule has 1 fully saturated rings. The van der Waals surface area contributed by atoms with Crippen LogP contribution in [0.1, 0.15) is 11.4 Å². The lowest BCUT2D eigenvalue weighted by molar-refractivity contribution is 0.208. The lowest BCUT2D eigenvalue weighted by atomic mass is 10.3. The zero-order valence-electron chi connectivity index (χ0n) is 16.6. The third kappa shape index (κ3) is 4.22. The molecule has 156 valence electrons. The molecule has 3 aromatic rings. The van der Waals surface area contributed by atoms with Gasteiger partial charge in [-0.1, -0.05) is 0 Å². The normalized spacial score (nSPS) is 14.1. The van der Waals surface area contributed by atoms with Gasteiger partial charge in [-0.25, -0.2) is 28.2 Å². The van der Waals surface area contributed by atoms with Crippen molar-refractivity contribution in [3.63, 3.8) is 0 Å². The van der Waals surface area contributed by atoms with Gasteiger partial charge in [0.25, 0.3) is 0 Å². The number of anilines is 2. The standard InChI is InChI=1S/C20H21F2N7O/c1-13-7-14(2)29(26-13)19-11-18(23-12-24-19)27-3-5-28(6-4-27)20(30)25-17-9-15(21)8-16(22)10-17/h7-12H,3-6H2,1-2H3,(H,25,30). The van der Waals surface area contributed by atoms with Crippen LogP contribution in [0.15, 0.2) is 36.7 Å². The number of carbonyl (C=O) groups excluding carboxylic acids is 1. The summed E-state index contributed by atoms with van der Waals surface area (Å²) in [7, 11) is 0. The van der Waals surface area contributed by atoms with Crippen LogP contribution in [0, 0.1) is 25.5 Å². The summed E-state index contributed by atoms with van der Waals surface area (Å²) in [6, 6.07) is 6.37. The van der Waals surface area contributed by atoms with Crippen molar-refractivity contribution in [1.29, 1.82) is 0 Å². The number of hydrogen-bond acceptors (Lipinski definition) is 5. The Kier molecular flexibility index (Phi) is 5.30. The van der Waals surface area contributed by atoms with Crippen LogP contribution in [0.5, 0.6) is 0 Å². The minimum Gasteiger partial charge on any atom is -0.353 e. The van der Waals surface area contributed by atoms with E-state index in [4.69, 9.17) is 0 Å². The van der Waals surface area contributed by atoms with Gasteiger partial charge in [0, 0.05) is 49.7 Å². The van der Waals surface area contributed by atoms with E-state index in [0.29, 0.717) is 32.0 Å². The van der Waals surface area contributed by atoms with Gasteiger partial charge in [-0.05, 0) is 32.0 Å². The van der Waals surface area contributed by atoms with Gasteiger partial charge in [-0.15, -0.1) is 0 Å². The summed E-state index contributed by atoms with van der Waals surface area (Å²) in [5, 5.41) is 6.99. The largest absolute Gasteiger partial charge is 0.353 e. The first-order valence-electron chi connectivity index (χ1n) is 9.52. The molecule has 1 saturated heterocycles. The summed E-state index contributed by atoms with van der Waals surface area (Å²) < 4.78 is 28.4. The Morgan fingerprint density at radius 2 is 1.60 bits per heavy atom. The molecule has 0 bridgehead atoms. The fourth-order valence-electron chi connectivity index (χ4n) is 3.45. The number of piperazine rings is 1. The first-order valence-corrected chi connectivity index (χ1v) is 9.52. The summed E-state index contributed by atoms with van der Waals surface area (Å²) in [5.74, 6) is -0.0479. The lowest BCUT2D eigenvalue weighted by Crippen LogP contribution is -2.50. The number of urea groups is 1. The van der Waals surface area contributed by atoms with Crippen molar-refractivity contribution in [3.8, 4) is 5.82 Å². The van der Waals surface area contributed by atoms with E-state index in [1.54, 1.807) is 9.58 Å². The van der Waals surface area contributed by atoms with Gasteiger partial charge in [-0.3, -0.25) is 0 Å². The molecule has 0 aliphatic carbocycles. The van der Waals surface area contributed by atoms with Crippen LogP contribution in [0.3, 0.4) is 0 Å². The number of hydrogen-bond donors (Lipinski definition) is 1. The van der Waals surface area contributed by atoms with E-state index in [9.17, 15) is 13.6 Å². The van der Waals surface area contributed by atoms with E-state index < -0.39 is 17.7 Å². The van der Waals surface area contributed by atoms with Crippen molar-refractivity contribution in [2.45, 2.75) is 13.8 Å². The first-order chi connectivity index (χ1) is 14.4. The predicted octanol–water partition coefficient (Wildman–Crippen LogP) is 2.91. The zero-order chi connectivity index (χ0) is 21.3. The molecular formula is C20H21F2N7O. The predicted molar refractivity (Wildman–Crippen MR) is 108 cm³/mol. The van der Waals surface area contributed by atoms with E-state index in [1.807, 2.05) is 26.0 Å². The summed E-state index contributed by atoms with van der Waals surface area (Å²) in [4.78, 5) is 24.7. The SMILES string of the molecule is Cc1cc(C)n(-c2cc(N3CCN(C(=O)Nc4cc(F)cc(F)c4)CC3)ncn2)n1. The Labute approximate surface area is 172 Å². The van der Waals surface area contributed by atoms with Crippen molar-refractivity contribution in [2.24, 2.45) is 0 Å². The van der Waals surface area contributed by atoms with Gasteiger partial charge in [0.05, 0.1) is 5.69 Å². The third-order valence-electron chi connectivity index (χ3n) is 4.87. The molecule has 3 heterocycles. The second-order valence-electron chi connectivity index (χ2n) is 7.14. The maximum Gasteiger partial charge on any atom is 0.321 e. The van der Waals surface area contributed by atoms with E-state index in [0.717, 1.165) is 35.4 Å². The molecule has 0 radical (unpaired) electrons. The Hall–Kier alpha value is -3.56. The van der Waals surface area contributed by atoms with E-state index in [-0.39, 0.29) is 5.69 Å². The Bertz CT molecular complexity index is 1060. The average molecular weight is 413 g/mol. The molecule has 0 atom stereocenters. The van der Waals surface area contributed by atoms with Gasteiger partial charge >= 0.3 is 6.03 Å². The number of benzene rings is 1. The smallest absolute Gasteiger partial charge is 0.321 e. The number of rotatable bonds is 3. The molecular weight excluding hydrogens is 392 g/mol. The highest BCUT2D eigenvalue weighted by molar-refractivity contribution is 5.89. The maximum absolute atomic E-state index is 13.3. The third-order valence-corrected chi connectivity index (χ3v) is 4.87. The van der Waals surface area contributed by atoms with Crippen LogP contribution in [-0.2, 0) is 0 Å². The maximum atomic E-state index is 13.3. The Balaban J connectivity index is 1.40. The van der Waals surface area contributed by atoms with Gasteiger partial charge in [0.1, 0.15) is 23.8 Å². The second kappa shape index (κ2) is 8.05. The summed E-state index contributed by atoms with van der Waals surface area (Å²) in [5.41, 5.74) is 1.98. The van der Waals surface area contributed by atoms with Gasteiger partial charge in [0.2, 0.25) is 0 Å². The zero-order valence-corrected chi connectivity index (χ0v) is 16.6. The fraction of sp³-hybridized carbons (Fsp3) is 0.300. The number of nitrogens with one attached hydrogen (secondary N) is 1. The van der Waals surface area contributed by atoms with Crippen LogP contribution in [0.4, 0.5) is 25.1 Å². The molecule has 10 heteroatoms. The van der Waals surface area contributed by atoms with Crippen LogP contribution < -0.4 is 10.2 Å². The lowest BCUT2D eigenvalue weighted by Gasteiger charge is -2.35. The highest BCUT2D eigenvalue weighted by atomic mass is 19.1. The van der Waals surface area contributed by atoms with Crippen LogP contribution in [0.25, 0.3) is 5.82 Å². The molecule has 0 unspecified atom stereocenters. The second-order valence-corrected chi connectivity index (χ2v) is 7.14. The van der Waals surface area contributed by atoms with Gasteiger partial charge < -0.3 is 15.1 Å². The summed E-state index contributed by atoms with van der Waals surface area (Å²) >= 11 is 0. The number of amides is 2. The Morgan fingerprint density at radius 3 is 2.23 bits per heavy atom.